The Bertz CT molecular complexity index is 962. The second kappa shape index (κ2) is 12.6. The van der Waals surface area contributed by atoms with Crippen LogP contribution >= 0.6 is 23.4 Å². The standard InChI is InChI=1S/C24H28ClN3OS/c25-22-12-7-10-19(16-22)9-5-3-1-2-4-6-14-30-24-27-18-21(23(29)28-24)15-20-11-8-13-26-17-20/h7-8,10-13,16-18H,1-6,9,14-15H2,(H,27,28,29). The number of rotatable bonds is 12. The molecule has 2 heterocycles. The summed E-state index contributed by atoms with van der Waals surface area (Å²) in [7, 11) is 0. The Hall–Kier alpha value is -2.11. The van der Waals surface area contributed by atoms with Crippen LogP contribution < -0.4 is 5.56 Å². The average Bonchev–Trinajstić information content (AvgIpc) is 2.75. The maximum atomic E-state index is 12.3. The number of aromatic nitrogens is 3. The highest BCUT2D eigenvalue weighted by Gasteiger charge is 2.05. The van der Waals surface area contributed by atoms with Crippen molar-refractivity contribution < 1.29 is 0 Å². The maximum Gasteiger partial charge on any atom is 0.255 e. The van der Waals surface area contributed by atoms with Crippen LogP contribution in [0.1, 0.15) is 55.2 Å². The number of H-pyrrole nitrogens is 1. The van der Waals surface area contributed by atoms with E-state index < -0.39 is 0 Å². The maximum absolute atomic E-state index is 12.3. The topological polar surface area (TPSA) is 58.6 Å². The van der Waals surface area contributed by atoms with Gasteiger partial charge in [-0.3, -0.25) is 9.78 Å². The van der Waals surface area contributed by atoms with Crippen molar-refractivity contribution in [2.45, 2.75) is 56.5 Å². The molecular formula is C24H28ClN3OS. The smallest absolute Gasteiger partial charge is 0.255 e. The minimum atomic E-state index is -0.0592. The fourth-order valence-electron chi connectivity index (χ4n) is 3.33. The molecule has 0 spiro atoms. The molecule has 4 nitrogen and oxygen atoms in total. The fraction of sp³-hybridized carbons (Fsp3) is 0.375. The summed E-state index contributed by atoms with van der Waals surface area (Å²) in [4.78, 5) is 23.7. The van der Waals surface area contributed by atoms with Gasteiger partial charge in [0.05, 0.1) is 0 Å². The van der Waals surface area contributed by atoms with Gasteiger partial charge in [-0.1, -0.05) is 67.2 Å². The van der Waals surface area contributed by atoms with Crippen molar-refractivity contribution >= 4 is 23.4 Å². The summed E-state index contributed by atoms with van der Waals surface area (Å²) in [5, 5.41) is 1.53. The fourth-order valence-corrected chi connectivity index (χ4v) is 4.37. The first-order valence-corrected chi connectivity index (χ1v) is 11.9. The number of benzene rings is 1. The van der Waals surface area contributed by atoms with Crippen molar-refractivity contribution in [3.63, 3.8) is 0 Å². The molecule has 2 aromatic heterocycles. The Kier molecular flexibility index (Phi) is 9.45. The number of pyridine rings is 1. The van der Waals surface area contributed by atoms with Gasteiger partial charge in [0.15, 0.2) is 5.16 Å². The molecule has 0 aliphatic heterocycles. The monoisotopic (exact) mass is 441 g/mol. The van der Waals surface area contributed by atoms with Gasteiger partial charge >= 0.3 is 0 Å². The summed E-state index contributed by atoms with van der Waals surface area (Å²) in [6.45, 7) is 0. The largest absolute Gasteiger partial charge is 0.301 e. The van der Waals surface area contributed by atoms with Crippen molar-refractivity contribution in [2.24, 2.45) is 0 Å². The van der Waals surface area contributed by atoms with Crippen molar-refractivity contribution in [1.29, 1.82) is 0 Å². The summed E-state index contributed by atoms with van der Waals surface area (Å²) in [6.07, 6.45) is 14.2. The van der Waals surface area contributed by atoms with E-state index in [4.69, 9.17) is 11.6 Å². The average molecular weight is 442 g/mol. The molecule has 0 unspecified atom stereocenters. The third kappa shape index (κ3) is 7.96. The molecule has 6 heteroatoms. The van der Waals surface area contributed by atoms with Gasteiger partial charge < -0.3 is 4.98 Å². The van der Waals surface area contributed by atoms with Crippen LogP contribution in [0.5, 0.6) is 0 Å². The van der Waals surface area contributed by atoms with E-state index in [0.29, 0.717) is 17.1 Å². The van der Waals surface area contributed by atoms with Crippen LogP contribution in [0.4, 0.5) is 0 Å². The van der Waals surface area contributed by atoms with E-state index in [1.807, 2.05) is 24.3 Å². The molecule has 158 valence electrons. The van der Waals surface area contributed by atoms with Crippen molar-refractivity contribution in [1.82, 2.24) is 15.0 Å². The minimum Gasteiger partial charge on any atom is -0.301 e. The van der Waals surface area contributed by atoms with Crippen molar-refractivity contribution in [2.75, 3.05) is 5.75 Å². The highest BCUT2D eigenvalue weighted by Crippen LogP contribution is 2.17. The molecule has 0 saturated carbocycles. The third-order valence-corrected chi connectivity index (χ3v) is 6.16. The number of aryl methyl sites for hydroxylation is 1. The number of halogens is 1. The van der Waals surface area contributed by atoms with Gasteiger partial charge in [0.25, 0.3) is 5.56 Å². The summed E-state index contributed by atoms with van der Waals surface area (Å²) in [5.74, 6) is 0.980. The van der Waals surface area contributed by atoms with E-state index in [0.717, 1.165) is 29.2 Å². The van der Waals surface area contributed by atoms with Gasteiger partial charge in [-0.2, -0.15) is 0 Å². The van der Waals surface area contributed by atoms with Gasteiger partial charge in [0.1, 0.15) is 0 Å². The van der Waals surface area contributed by atoms with E-state index in [1.54, 1.807) is 30.4 Å². The number of aromatic amines is 1. The molecule has 0 fully saturated rings. The van der Waals surface area contributed by atoms with Crippen LogP contribution in [-0.4, -0.2) is 20.7 Å². The molecule has 0 radical (unpaired) electrons. The summed E-state index contributed by atoms with van der Waals surface area (Å²) >= 11 is 7.65. The third-order valence-electron chi connectivity index (χ3n) is 4.95. The Balaban J connectivity index is 1.26. The Morgan fingerprint density at radius 1 is 0.933 bits per heavy atom. The minimum absolute atomic E-state index is 0.0592. The zero-order valence-electron chi connectivity index (χ0n) is 17.1. The molecule has 3 rings (SSSR count). The van der Waals surface area contributed by atoms with Gasteiger partial charge in [-0.15, -0.1) is 0 Å². The van der Waals surface area contributed by atoms with Gasteiger partial charge in [0.2, 0.25) is 0 Å². The Morgan fingerprint density at radius 3 is 2.50 bits per heavy atom. The molecule has 0 aliphatic rings. The molecule has 0 aliphatic carbocycles. The predicted molar refractivity (Wildman–Crippen MR) is 125 cm³/mol. The Labute approximate surface area is 187 Å². The highest BCUT2D eigenvalue weighted by atomic mass is 35.5. The van der Waals surface area contributed by atoms with Crippen LogP contribution in [0, 0.1) is 0 Å². The lowest BCUT2D eigenvalue weighted by atomic mass is 10.1. The number of unbranched alkanes of at least 4 members (excludes halogenated alkanes) is 5. The zero-order valence-corrected chi connectivity index (χ0v) is 18.7. The van der Waals surface area contributed by atoms with Gasteiger partial charge in [0, 0.05) is 41.4 Å². The SMILES string of the molecule is O=c1[nH]c(SCCCCCCCCc2cccc(Cl)c2)ncc1Cc1cccnc1. The van der Waals surface area contributed by atoms with Crippen LogP contribution in [0.25, 0.3) is 0 Å². The molecule has 30 heavy (non-hydrogen) atoms. The first-order valence-electron chi connectivity index (χ1n) is 10.5. The zero-order chi connectivity index (χ0) is 21.0. The van der Waals surface area contributed by atoms with E-state index in [-0.39, 0.29) is 5.56 Å². The van der Waals surface area contributed by atoms with E-state index in [2.05, 4.69) is 27.1 Å². The van der Waals surface area contributed by atoms with Crippen LogP contribution in [0.2, 0.25) is 5.02 Å². The normalized spacial score (nSPS) is 11.0. The van der Waals surface area contributed by atoms with Gasteiger partial charge in [-0.05, 0) is 48.6 Å². The summed E-state index contributed by atoms with van der Waals surface area (Å²) in [5.41, 5.74) is 2.95. The second-order valence-electron chi connectivity index (χ2n) is 7.43. The molecule has 0 amide bonds. The van der Waals surface area contributed by atoms with Crippen LogP contribution in [0.15, 0.2) is 64.9 Å². The first-order chi connectivity index (χ1) is 14.7. The number of hydrogen-bond acceptors (Lipinski definition) is 4. The number of hydrogen-bond donors (Lipinski definition) is 1. The summed E-state index contributed by atoms with van der Waals surface area (Å²) < 4.78 is 0. The molecule has 0 saturated heterocycles. The highest BCUT2D eigenvalue weighted by molar-refractivity contribution is 7.99. The number of nitrogens with one attached hydrogen (secondary N) is 1. The second-order valence-corrected chi connectivity index (χ2v) is 8.95. The number of thioether (sulfide) groups is 1. The molecular weight excluding hydrogens is 414 g/mol. The lowest BCUT2D eigenvalue weighted by molar-refractivity contribution is 0.609. The molecule has 0 bridgehead atoms. The number of nitrogens with zero attached hydrogens (tertiary/aromatic N) is 2. The molecule has 1 aromatic carbocycles. The van der Waals surface area contributed by atoms with E-state index in [9.17, 15) is 4.79 Å². The van der Waals surface area contributed by atoms with E-state index in [1.165, 1.54) is 37.7 Å². The Morgan fingerprint density at radius 2 is 1.73 bits per heavy atom. The quantitative estimate of drug-likeness (QED) is 0.210. The molecule has 1 N–H and O–H groups in total. The van der Waals surface area contributed by atoms with Crippen LogP contribution in [-0.2, 0) is 12.8 Å². The lowest BCUT2D eigenvalue weighted by Gasteiger charge is -2.04. The first kappa shape index (κ1) is 22.6. The summed E-state index contributed by atoms with van der Waals surface area (Å²) in [6, 6.07) is 12.0. The lowest BCUT2D eigenvalue weighted by Crippen LogP contribution is -2.14. The van der Waals surface area contributed by atoms with E-state index >= 15 is 0 Å². The van der Waals surface area contributed by atoms with Crippen molar-refractivity contribution in [3.8, 4) is 0 Å². The van der Waals surface area contributed by atoms with Crippen molar-refractivity contribution in [3.05, 3.63) is 87.1 Å². The van der Waals surface area contributed by atoms with Gasteiger partial charge in [-0.25, -0.2) is 4.98 Å². The molecule has 3 aromatic rings. The van der Waals surface area contributed by atoms with Crippen LogP contribution in [0.3, 0.4) is 0 Å². The predicted octanol–water partition coefficient (Wildman–Crippen LogP) is 6.08. The molecule has 0 atom stereocenters.